The number of nitrogens with zero attached hydrogens (tertiary/aromatic N) is 3. The van der Waals surface area contributed by atoms with Crippen molar-refractivity contribution in [1.29, 1.82) is 0 Å². The number of guanidine groups is 1. The van der Waals surface area contributed by atoms with Crippen LogP contribution in [0.4, 0.5) is 8.78 Å². The van der Waals surface area contributed by atoms with Gasteiger partial charge in [-0.15, -0.1) is 0 Å². The molecule has 1 aromatic heterocycles. The van der Waals surface area contributed by atoms with Crippen molar-refractivity contribution in [2.24, 2.45) is 4.99 Å². The fourth-order valence-corrected chi connectivity index (χ4v) is 2.30. The van der Waals surface area contributed by atoms with Crippen LogP contribution in [0, 0.1) is 0 Å². The first-order chi connectivity index (χ1) is 13.7. The largest absolute Gasteiger partial charge is 0.435 e. The standard InChI is InChI=1S/C19H27F2N5O3/c1-5-22-18(24-11-15-25-16(29-26-15)19(2,3)4)23-10-14(27)12-6-8-13(9-7-12)28-17(20)21/h6-9,14,17,27H,5,10-11H2,1-4H3,(H2,22,23,24). The van der Waals surface area contributed by atoms with Gasteiger partial charge in [0, 0.05) is 18.5 Å². The lowest BCUT2D eigenvalue weighted by atomic mass is 9.97. The molecule has 29 heavy (non-hydrogen) atoms. The first kappa shape index (κ1) is 22.5. The zero-order valence-corrected chi connectivity index (χ0v) is 16.9. The van der Waals surface area contributed by atoms with Crippen LogP contribution in [0.3, 0.4) is 0 Å². The van der Waals surface area contributed by atoms with E-state index in [9.17, 15) is 13.9 Å². The number of hydrogen-bond donors (Lipinski definition) is 3. The molecule has 2 rings (SSSR count). The molecule has 0 spiro atoms. The van der Waals surface area contributed by atoms with E-state index in [2.05, 4.69) is 30.5 Å². The molecule has 0 fully saturated rings. The molecule has 0 saturated heterocycles. The van der Waals surface area contributed by atoms with E-state index in [4.69, 9.17) is 4.52 Å². The topological polar surface area (TPSA) is 105 Å². The van der Waals surface area contributed by atoms with Crippen LogP contribution in [0.1, 0.15) is 51.1 Å². The maximum Gasteiger partial charge on any atom is 0.387 e. The number of ether oxygens (including phenoxy) is 1. The summed E-state index contributed by atoms with van der Waals surface area (Å²) in [6.45, 7) is 5.98. The summed E-state index contributed by atoms with van der Waals surface area (Å²) in [5.74, 6) is 1.51. The van der Waals surface area contributed by atoms with Crippen LogP contribution in [0.25, 0.3) is 0 Å². The van der Waals surface area contributed by atoms with Gasteiger partial charge in [0.05, 0.1) is 6.10 Å². The number of aliphatic imine (C=N–C) groups is 1. The molecule has 10 heteroatoms. The van der Waals surface area contributed by atoms with Crippen molar-refractivity contribution in [3.05, 3.63) is 41.5 Å². The van der Waals surface area contributed by atoms with Crippen LogP contribution in [0.2, 0.25) is 0 Å². The van der Waals surface area contributed by atoms with E-state index in [1.807, 2.05) is 27.7 Å². The third-order valence-corrected chi connectivity index (χ3v) is 3.79. The minimum atomic E-state index is -2.88. The Bertz CT molecular complexity index is 788. The molecule has 8 nitrogen and oxygen atoms in total. The predicted molar refractivity (Wildman–Crippen MR) is 104 cm³/mol. The van der Waals surface area contributed by atoms with Crippen molar-refractivity contribution < 1.29 is 23.1 Å². The number of aliphatic hydroxyl groups is 1. The number of alkyl halides is 2. The van der Waals surface area contributed by atoms with E-state index >= 15 is 0 Å². The highest BCUT2D eigenvalue weighted by molar-refractivity contribution is 5.79. The molecule has 0 aliphatic carbocycles. The minimum Gasteiger partial charge on any atom is -0.435 e. The van der Waals surface area contributed by atoms with Gasteiger partial charge in [-0.3, -0.25) is 0 Å². The number of halogens is 2. The highest BCUT2D eigenvalue weighted by Crippen LogP contribution is 2.20. The van der Waals surface area contributed by atoms with Crippen LogP contribution in [-0.2, 0) is 12.0 Å². The van der Waals surface area contributed by atoms with Gasteiger partial charge >= 0.3 is 6.61 Å². The summed E-state index contributed by atoms with van der Waals surface area (Å²) in [5, 5.41) is 20.3. The van der Waals surface area contributed by atoms with Gasteiger partial charge in [-0.2, -0.15) is 13.8 Å². The first-order valence-electron chi connectivity index (χ1n) is 9.27. The van der Waals surface area contributed by atoms with Crippen molar-refractivity contribution >= 4 is 5.96 Å². The molecule has 2 aromatic rings. The molecular formula is C19H27F2N5O3. The number of aromatic nitrogens is 2. The van der Waals surface area contributed by atoms with Crippen LogP contribution in [0.15, 0.2) is 33.8 Å². The normalized spacial score (nSPS) is 13.4. The van der Waals surface area contributed by atoms with E-state index in [-0.39, 0.29) is 24.3 Å². The van der Waals surface area contributed by atoms with Gasteiger partial charge < -0.3 is 25.0 Å². The Hall–Kier alpha value is -2.75. The second-order valence-corrected chi connectivity index (χ2v) is 7.31. The molecule has 0 aliphatic heterocycles. The smallest absolute Gasteiger partial charge is 0.387 e. The molecule has 0 radical (unpaired) electrons. The molecule has 0 amide bonds. The highest BCUT2D eigenvalue weighted by Gasteiger charge is 2.21. The number of nitrogens with one attached hydrogen (secondary N) is 2. The summed E-state index contributed by atoms with van der Waals surface area (Å²) in [6.07, 6.45) is -0.864. The Labute approximate surface area is 168 Å². The van der Waals surface area contributed by atoms with Gasteiger partial charge in [0.25, 0.3) is 0 Å². The number of benzene rings is 1. The first-order valence-corrected chi connectivity index (χ1v) is 9.27. The lowest BCUT2D eigenvalue weighted by Crippen LogP contribution is -2.39. The molecule has 3 N–H and O–H groups in total. The Morgan fingerprint density at radius 2 is 1.93 bits per heavy atom. The van der Waals surface area contributed by atoms with Crippen molar-refractivity contribution in [2.45, 2.75) is 52.4 Å². The lowest BCUT2D eigenvalue weighted by Gasteiger charge is -2.15. The molecule has 1 aromatic carbocycles. The molecule has 0 bridgehead atoms. The van der Waals surface area contributed by atoms with E-state index in [0.29, 0.717) is 29.8 Å². The average molecular weight is 411 g/mol. The second-order valence-electron chi connectivity index (χ2n) is 7.31. The monoisotopic (exact) mass is 411 g/mol. The average Bonchev–Trinajstić information content (AvgIpc) is 3.13. The van der Waals surface area contributed by atoms with Gasteiger partial charge in [0.15, 0.2) is 11.8 Å². The van der Waals surface area contributed by atoms with Crippen molar-refractivity contribution in [1.82, 2.24) is 20.8 Å². The van der Waals surface area contributed by atoms with Gasteiger partial charge in [-0.05, 0) is 24.6 Å². The van der Waals surface area contributed by atoms with Crippen molar-refractivity contribution in [3.63, 3.8) is 0 Å². The van der Waals surface area contributed by atoms with Crippen molar-refractivity contribution in [2.75, 3.05) is 13.1 Å². The molecule has 1 atom stereocenters. The predicted octanol–water partition coefficient (Wildman–Crippen LogP) is 2.76. The Balaban J connectivity index is 1.94. The van der Waals surface area contributed by atoms with E-state index in [1.54, 1.807) is 0 Å². The Morgan fingerprint density at radius 1 is 1.24 bits per heavy atom. The van der Waals surface area contributed by atoms with Gasteiger partial charge in [-0.25, -0.2) is 4.99 Å². The zero-order valence-electron chi connectivity index (χ0n) is 16.9. The maximum atomic E-state index is 12.2. The van der Waals surface area contributed by atoms with Crippen LogP contribution >= 0.6 is 0 Å². The Morgan fingerprint density at radius 3 is 2.48 bits per heavy atom. The second kappa shape index (κ2) is 10.1. The van der Waals surface area contributed by atoms with Gasteiger partial charge in [-0.1, -0.05) is 38.1 Å². The summed E-state index contributed by atoms with van der Waals surface area (Å²) >= 11 is 0. The summed E-state index contributed by atoms with van der Waals surface area (Å²) in [6, 6.07) is 5.82. The SMILES string of the molecule is CCNC(=NCc1noc(C(C)(C)C)n1)NCC(O)c1ccc(OC(F)F)cc1. The van der Waals surface area contributed by atoms with Gasteiger partial charge in [0.2, 0.25) is 5.89 Å². The van der Waals surface area contributed by atoms with E-state index in [0.717, 1.165) is 0 Å². The molecule has 0 aliphatic rings. The van der Waals surface area contributed by atoms with Crippen LogP contribution in [0.5, 0.6) is 5.75 Å². The summed E-state index contributed by atoms with van der Waals surface area (Å²) < 4.78 is 33.9. The zero-order chi connectivity index (χ0) is 21.4. The lowest BCUT2D eigenvalue weighted by molar-refractivity contribution is -0.0498. The van der Waals surface area contributed by atoms with Crippen LogP contribution < -0.4 is 15.4 Å². The summed E-state index contributed by atoms with van der Waals surface area (Å²) in [7, 11) is 0. The number of hydrogen-bond acceptors (Lipinski definition) is 6. The number of rotatable bonds is 8. The summed E-state index contributed by atoms with van der Waals surface area (Å²) in [5.41, 5.74) is 0.320. The molecular weight excluding hydrogens is 384 g/mol. The number of aliphatic hydroxyl groups excluding tert-OH is 1. The third kappa shape index (κ3) is 7.30. The minimum absolute atomic E-state index is 0.0357. The third-order valence-electron chi connectivity index (χ3n) is 3.79. The molecule has 160 valence electrons. The quantitative estimate of drug-likeness (QED) is 0.453. The highest BCUT2D eigenvalue weighted by atomic mass is 19.3. The van der Waals surface area contributed by atoms with Crippen molar-refractivity contribution in [3.8, 4) is 5.75 Å². The fraction of sp³-hybridized carbons (Fsp3) is 0.526. The Kier molecular flexibility index (Phi) is 7.89. The van der Waals surface area contributed by atoms with E-state index < -0.39 is 12.7 Å². The molecule has 1 heterocycles. The summed E-state index contributed by atoms with van der Waals surface area (Å²) in [4.78, 5) is 8.72. The van der Waals surface area contributed by atoms with E-state index in [1.165, 1.54) is 24.3 Å². The fourth-order valence-electron chi connectivity index (χ4n) is 2.30. The molecule has 0 saturated carbocycles. The van der Waals surface area contributed by atoms with Crippen LogP contribution in [-0.4, -0.2) is 40.9 Å². The maximum absolute atomic E-state index is 12.2. The van der Waals surface area contributed by atoms with Gasteiger partial charge in [0.1, 0.15) is 12.3 Å². The molecule has 1 unspecified atom stereocenters.